The summed E-state index contributed by atoms with van der Waals surface area (Å²) in [6, 6.07) is 0. The Kier molecular flexibility index (Phi) is 10.5. The van der Waals surface area contributed by atoms with Crippen molar-refractivity contribution < 1.29 is 0 Å². The third kappa shape index (κ3) is 6.97. The van der Waals surface area contributed by atoms with Crippen molar-refractivity contribution >= 4 is 13.4 Å². The van der Waals surface area contributed by atoms with Crippen molar-refractivity contribution in [1.82, 2.24) is 0 Å². The predicted molar refractivity (Wildman–Crippen MR) is 53.4 cm³/mol. The molecular formula is C9H18N2. The smallest absolute Gasteiger partial charge is 0.0603 e. The number of hydrogen-bond donors (Lipinski definition) is 0. The van der Waals surface area contributed by atoms with Gasteiger partial charge >= 0.3 is 0 Å². The summed E-state index contributed by atoms with van der Waals surface area (Å²) < 4.78 is 0. The number of aliphatic imine (C=N–C) groups is 2. The minimum absolute atomic E-state index is 0.382. The maximum Gasteiger partial charge on any atom is 0.0603 e. The Morgan fingerprint density at radius 1 is 1.27 bits per heavy atom. The summed E-state index contributed by atoms with van der Waals surface area (Å²) in [4.78, 5) is 7.34. The van der Waals surface area contributed by atoms with E-state index in [2.05, 4.69) is 23.4 Å². The van der Waals surface area contributed by atoms with Gasteiger partial charge in [0.15, 0.2) is 0 Å². The van der Waals surface area contributed by atoms with Crippen LogP contribution in [-0.2, 0) is 0 Å². The SMILES string of the molecule is C=N/C=C(\N=C)C(C)C.CC. The molecule has 0 aliphatic rings. The van der Waals surface area contributed by atoms with Crippen LogP contribution in [0.4, 0.5) is 0 Å². The summed E-state index contributed by atoms with van der Waals surface area (Å²) in [5.74, 6) is 0.382. The van der Waals surface area contributed by atoms with Gasteiger partial charge in [-0.25, -0.2) is 0 Å². The molecule has 64 valence electrons. The highest BCUT2D eigenvalue weighted by Gasteiger charge is 1.96. The Hall–Kier alpha value is -0.920. The van der Waals surface area contributed by atoms with Crippen molar-refractivity contribution in [2.75, 3.05) is 0 Å². The van der Waals surface area contributed by atoms with E-state index in [1.807, 2.05) is 27.7 Å². The molecule has 0 fully saturated rings. The van der Waals surface area contributed by atoms with Crippen LogP contribution in [0.15, 0.2) is 21.9 Å². The van der Waals surface area contributed by atoms with E-state index in [4.69, 9.17) is 0 Å². The predicted octanol–water partition coefficient (Wildman–Crippen LogP) is 2.91. The van der Waals surface area contributed by atoms with E-state index in [1.54, 1.807) is 6.20 Å². The first-order valence-electron chi connectivity index (χ1n) is 3.85. The van der Waals surface area contributed by atoms with Crippen LogP contribution in [0.5, 0.6) is 0 Å². The average molecular weight is 154 g/mol. The lowest BCUT2D eigenvalue weighted by atomic mass is 10.1. The molecule has 0 heterocycles. The van der Waals surface area contributed by atoms with Crippen LogP contribution < -0.4 is 0 Å². The summed E-state index contributed by atoms with van der Waals surface area (Å²) in [7, 11) is 0. The highest BCUT2D eigenvalue weighted by atomic mass is 14.8. The summed E-state index contributed by atoms with van der Waals surface area (Å²) in [6.07, 6.45) is 1.62. The Balaban J connectivity index is 0. The van der Waals surface area contributed by atoms with Gasteiger partial charge < -0.3 is 0 Å². The van der Waals surface area contributed by atoms with Crippen LogP contribution in [0.1, 0.15) is 27.7 Å². The molecule has 0 bridgehead atoms. The molecule has 0 N–H and O–H groups in total. The van der Waals surface area contributed by atoms with Crippen molar-refractivity contribution in [3.63, 3.8) is 0 Å². The van der Waals surface area contributed by atoms with Crippen LogP contribution in [-0.4, -0.2) is 13.4 Å². The van der Waals surface area contributed by atoms with Crippen molar-refractivity contribution in [3.05, 3.63) is 11.9 Å². The van der Waals surface area contributed by atoms with Crippen molar-refractivity contribution in [2.24, 2.45) is 15.9 Å². The van der Waals surface area contributed by atoms with Crippen LogP contribution in [0, 0.1) is 5.92 Å². The lowest BCUT2D eigenvalue weighted by Crippen LogP contribution is -1.88. The van der Waals surface area contributed by atoms with E-state index in [0.29, 0.717) is 5.92 Å². The second kappa shape index (κ2) is 9.08. The minimum atomic E-state index is 0.382. The van der Waals surface area contributed by atoms with E-state index in [9.17, 15) is 0 Å². The van der Waals surface area contributed by atoms with Crippen molar-refractivity contribution in [3.8, 4) is 0 Å². The first-order valence-corrected chi connectivity index (χ1v) is 3.85. The lowest BCUT2D eigenvalue weighted by molar-refractivity contribution is 0.757. The normalized spacial score (nSPS) is 10.1. The fourth-order valence-electron chi connectivity index (χ4n) is 0.466. The minimum Gasteiger partial charge on any atom is -0.271 e. The molecule has 0 unspecified atom stereocenters. The molecule has 0 aromatic rings. The Morgan fingerprint density at radius 3 is 1.82 bits per heavy atom. The van der Waals surface area contributed by atoms with Gasteiger partial charge in [-0.1, -0.05) is 27.7 Å². The fourth-order valence-corrected chi connectivity index (χ4v) is 0.466. The molecule has 0 saturated heterocycles. The van der Waals surface area contributed by atoms with Gasteiger partial charge in [-0.2, -0.15) is 0 Å². The van der Waals surface area contributed by atoms with E-state index in [1.165, 1.54) is 0 Å². The summed E-state index contributed by atoms with van der Waals surface area (Å²) in [5.41, 5.74) is 0.880. The van der Waals surface area contributed by atoms with Crippen LogP contribution in [0.25, 0.3) is 0 Å². The number of nitrogens with zero attached hydrogens (tertiary/aromatic N) is 2. The van der Waals surface area contributed by atoms with E-state index < -0.39 is 0 Å². The van der Waals surface area contributed by atoms with E-state index >= 15 is 0 Å². The number of hydrogen-bond acceptors (Lipinski definition) is 2. The van der Waals surface area contributed by atoms with Crippen LogP contribution in [0.2, 0.25) is 0 Å². The van der Waals surface area contributed by atoms with Gasteiger partial charge in [0.1, 0.15) is 0 Å². The highest BCUT2D eigenvalue weighted by molar-refractivity contribution is 5.31. The Labute approximate surface area is 69.8 Å². The molecule has 0 aliphatic heterocycles. The van der Waals surface area contributed by atoms with Crippen LogP contribution >= 0.6 is 0 Å². The quantitative estimate of drug-likeness (QED) is 0.558. The van der Waals surface area contributed by atoms with Gasteiger partial charge in [0.25, 0.3) is 0 Å². The summed E-state index contributed by atoms with van der Waals surface area (Å²) in [5, 5.41) is 0. The summed E-state index contributed by atoms with van der Waals surface area (Å²) in [6.45, 7) is 14.8. The number of allylic oxidation sites excluding steroid dienone is 1. The lowest BCUT2D eigenvalue weighted by Gasteiger charge is -2.00. The molecule has 0 aromatic carbocycles. The Morgan fingerprint density at radius 2 is 1.73 bits per heavy atom. The molecule has 0 rings (SSSR count). The van der Waals surface area contributed by atoms with Crippen molar-refractivity contribution in [2.45, 2.75) is 27.7 Å². The molecule has 0 atom stereocenters. The van der Waals surface area contributed by atoms with Crippen LogP contribution in [0.3, 0.4) is 0 Å². The molecule has 11 heavy (non-hydrogen) atoms. The second-order valence-electron chi connectivity index (χ2n) is 2.05. The summed E-state index contributed by atoms with van der Waals surface area (Å²) >= 11 is 0. The number of rotatable bonds is 3. The molecule has 0 aromatic heterocycles. The molecular weight excluding hydrogens is 136 g/mol. The fraction of sp³-hybridized carbons (Fsp3) is 0.556. The molecule has 0 radical (unpaired) electrons. The zero-order valence-electron chi connectivity index (χ0n) is 7.96. The van der Waals surface area contributed by atoms with Gasteiger partial charge in [0.05, 0.1) is 5.70 Å². The average Bonchev–Trinajstić information content (AvgIpc) is 2.03. The first-order chi connectivity index (χ1) is 5.22. The zero-order valence-corrected chi connectivity index (χ0v) is 7.96. The van der Waals surface area contributed by atoms with E-state index in [-0.39, 0.29) is 0 Å². The molecule has 0 saturated carbocycles. The zero-order chi connectivity index (χ0) is 9.28. The monoisotopic (exact) mass is 154 g/mol. The molecule has 2 nitrogen and oxygen atoms in total. The van der Waals surface area contributed by atoms with Gasteiger partial charge in [-0.15, -0.1) is 0 Å². The molecule has 0 amide bonds. The third-order valence-corrected chi connectivity index (χ3v) is 0.998. The van der Waals surface area contributed by atoms with Gasteiger partial charge in [-0.05, 0) is 19.4 Å². The second-order valence-corrected chi connectivity index (χ2v) is 2.05. The molecule has 0 aliphatic carbocycles. The molecule has 0 spiro atoms. The van der Waals surface area contributed by atoms with Gasteiger partial charge in [0, 0.05) is 6.20 Å². The topological polar surface area (TPSA) is 24.7 Å². The Bertz CT molecular complexity index is 134. The third-order valence-electron chi connectivity index (χ3n) is 0.998. The van der Waals surface area contributed by atoms with E-state index in [0.717, 1.165) is 5.70 Å². The molecule has 2 heteroatoms. The largest absolute Gasteiger partial charge is 0.271 e. The van der Waals surface area contributed by atoms with Crippen molar-refractivity contribution in [1.29, 1.82) is 0 Å². The highest BCUT2D eigenvalue weighted by Crippen LogP contribution is 2.08. The first kappa shape index (κ1) is 12.7. The standard InChI is InChI=1S/C7H12N2.C2H6/c1-6(2)7(9-4)5-8-3;1-2/h5-6H,3-4H2,1-2H3;1-2H3/b7-5-;. The van der Waals surface area contributed by atoms with Gasteiger partial charge in [0.2, 0.25) is 0 Å². The maximum atomic E-state index is 3.75. The maximum absolute atomic E-state index is 3.75. The van der Waals surface area contributed by atoms with Gasteiger partial charge in [-0.3, -0.25) is 9.98 Å².